The quantitative estimate of drug-likeness (QED) is 0.730. The highest BCUT2D eigenvalue weighted by molar-refractivity contribution is 5.92. The van der Waals surface area contributed by atoms with Crippen LogP contribution >= 0.6 is 0 Å². The van der Waals surface area contributed by atoms with Gasteiger partial charge in [0, 0.05) is 36.3 Å². The molecule has 0 aliphatic heterocycles. The van der Waals surface area contributed by atoms with Gasteiger partial charge in [-0.2, -0.15) is 5.10 Å². The Labute approximate surface area is 147 Å². The number of hydrogen-bond acceptors (Lipinski definition) is 3. The summed E-state index contributed by atoms with van der Waals surface area (Å²) < 4.78 is 1.89. The highest BCUT2D eigenvalue weighted by Crippen LogP contribution is 2.19. The highest BCUT2D eigenvalue weighted by atomic mass is 16.1. The lowest BCUT2D eigenvalue weighted by molar-refractivity contribution is -0.116. The molecule has 2 heterocycles. The van der Waals surface area contributed by atoms with Gasteiger partial charge in [-0.1, -0.05) is 24.3 Å². The fourth-order valence-corrected chi connectivity index (χ4v) is 2.63. The zero-order valence-corrected chi connectivity index (χ0v) is 14.3. The lowest BCUT2D eigenvalue weighted by atomic mass is 10.2. The Hall–Kier alpha value is -3.21. The molecule has 5 heteroatoms. The minimum atomic E-state index is -0.143. The summed E-state index contributed by atoms with van der Waals surface area (Å²) in [5.74, 6) is -0.143. The number of hydrogen-bond donors (Lipinski definition) is 1. The summed E-state index contributed by atoms with van der Waals surface area (Å²) in [6.07, 6.45) is 6.81. The molecule has 1 aromatic carbocycles. The fourth-order valence-electron chi connectivity index (χ4n) is 2.63. The van der Waals surface area contributed by atoms with E-state index in [0.29, 0.717) is 6.54 Å². The fraction of sp³-hybridized carbons (Fsp3) is 0.150. The van der Waals surface area contributed by atoms with Crippen LogP contribution in [0.5, 0.6) is 0 Å². The van der Waals surface area contributed by atoms with E-state index < -0.39 is 0 Å². The van der Waals surface area contributed by atoms with Crippen LogP contribution in [0.15, 0.2) is 60.9 Å². The summed E-state index contributed by atoms with van der Waals surface area (Å²) in [5.41, 5.74) is 4.82. The van der Waals surface area contributed by atoms with Gasteiger partial charge in [0.05, 0.1) is 11.4 Å². The van der Waals surface area contributed by atoms with Gasteiger partial charge in [0.2, 0.25) is 5.91 Å². The number of benzene rings is 1. The first-order valence-electron chi connectivity index (χ1n) is 8.11. The van der Waals surface area contributed by atoms with Crippen molar-refractivity contribution in [3.05, 3.63) is 83.4 Å². The molecule has 0 unspecified atom stereocenters. The number of pyridine rings is 1. The third-order valence-corrected chi connectivity index (χ3v) is 3.94. The predicted octanol–water partition coefficient (Wildman–Crippen LogP) is 3.21. The summed E-state index contributed by atoms with van der Waals surface area (Å²) >= 11 is 0. The van der Waals surface area contributed by atoms with Crippen LogP contribution in [0.2, 0.25) is 0 Å². The molecule has 1 amide bonds. The summed E-state index contributed by atoms with van der Waals surface area (Å²) in [4.78, 5) is 16.1. The summed E-state index contributed by atoms with van der Waals surface area (Å²) in [6, 6.07) is 13.7. The van der Waals surface area contributed by atoms with Crippen LogP contribution in [0, 0.1) is 13.8 Å². The van der Waals surface area contributed by atoms with E-state index in [2.05, 4.69) is 15.4 Å². The molecule has 0 aliphatic carbocycles. The van der Waals surface area contributed by atoms with E-state index in [1.54, 1.807) is 18.5 Å². The van der Waals surface area contributed by atoms with E-state index in [-0.39, 0.29) is 5.91 Å². The average Bonchev–Trinajstić information content (AvgIpc) is 2.94. The maximum atomic E-state index is 12.0. The van der Waals surface area contributed by atoms with Crippen molar-refractivity contribution in [3.63, 3.8) is 0 Å². The van der Waals surface area contributed by atoms with E-state index in [0.717, 1.165) is 28.2 Å². The van der Waals surface area contributed by atoms with Crippen molar-refractivity contribution in [2.75, 3.05) is 0 Å². The largest absolute Gasteiger partial charge is 0.348 e. The molecular weight excluding hydrogens is 312 g/mol. The Balaban J connectivity index is 1.71. The van der Waals surface area contributed by atoms with Crippen molar-refractivity contribution in [3.8, 4) is 5.69 Å². The Kier molecular flexibility index (Phi) is 5.04. The molecule has 126 valence electrons. The number of rotatable bonds is 5. The second-order valence-corrected chi connectivity index (χ2v) is 5.74. The number of carbonyl (C=O) groups excluding carboxylic acids is 1. The normalized spacial score (nSPS) is 11.0. The van der Waals surface area contributed by atoms with E-state index in [1.165, 1.54) is 0 Å². The summed E-state index contributed by atoms with van der Waals surface area (Å²) in [6.45, 7) is 4.40. The van der Waals surface area contributed by atoms with Crippen molar-refractivity contribution in [2.24, 2.45) is 0 Å². The third-order valence-electron chi connectivity index (χ3n) is 3.94. The van der Waals surface area contributed by atoms with Crippen LogP contribution in [-0.2, 0) is 11.3 Å². The first kappa shape index (κ1) is 16.6. The molecule has 0 aliphatic rings. The molecule has 25 heavy (non-hydrogen) atoms. The van der Waals surface area contributed by atoms with E-state index in [9.17, 15) is 4.79 Å². The molecule has 1 N–H and O–H groups in total. The van der Waals surface area contributed by atoms with Crippen LogP contribution in [0.25, 0.3) is 11.8 Å². The molecule has 2 aromatic heterocycles. The van der Waals surface area contributed by atoms with Crippen molar-refractivity contribution in [2.45, 2.75) is 20.4 Å². The molecule has 0 spiro atoms. The van der Waals surface area contributed by atoms with Crippen LogP contribution in [0.4, 0.5) is 0 Å². The molecule has 3 aromatic rings. The molecule has 0 bridgehead atoms. The number of nitrogens with zero attached hydrogens (tertiary/aromatic N) is 3. The van der Waals surface area contributed by atoms with Gasteiger partial charge in [0.1, 0.15) is 0 Å². The van der Waals surface area contributed by atoms with Crippen molar-refractivity contribution >= 4 is 12.0 Å². The number of carbonyl (C=O) groups is 1. The maximum absolute atomic E-state index is 12.0. The van der Waals surface area contributed by atoms with E-state index in [4.69, 9.17) is 0 Å². The van der Waals surface area contributed by atoms with Crippen molar-refractivity contribution in [1.82, 2.24) is 20.1 Å². The van der Waals surface area contributed by atoms with Crippen molar-refractivity contribution in [1.29, 1.82) is 0 Å². The van der Waals surface area contributed by atoms with E-state index >= 15 is 0 Å². The minimum absolute atomic E-state index is 0.143. The third kappa shape index (κ3) is 4.01. The predicted molar refractivity (Wildman–Crippen MR) is 98.2 cm³/mol. The molecule has 0 atom stereocenters. The van der Waals surface area contributed by atoms with Gasteiger partial charge in [-0.15, -0.1) is 0 Å². The smallest absolute Gasteiger partial charge is 0.244 e. The topological polar surface area (TPSA) is 59.8 Å². The molecule has 0 saturated carbocycles. The molecule has 3 rings (SSSR count). The van der Waals surface area contributed by atoms with Crippen LogP contribution in [0.1, 0.15) is 22.5 Å². The second-order valence-electron chi connectivity index (χ2n) is 5.74. The van der Waals surface area contributed by atoms with Crippen molar-refractivity contribution < 1.29 is 4.79 Å². The molecule has 0 radical (unpaired) electrons. The maximum Gasteiger partial charge on any atom is 0.244 e. The molecular formula is C20H20N4O. The van der Waals surface area contributed by atoms with Gasteiger partial charge >= 0.3 is 0 Å². The Morgan fingerprint density at radius 3 is 2.68 bits per heavy atom. The number of amides is 1. The highest BCUT2D eigenvalue weighted by Gasteiger charge is 2.10. The Morgan fingerprint density at radius 1 is 1.16 bits per heavy atom. The van der Waals surface area contributed by atoms with Gasteiger partial charge in [-0.05, 0) is 43.7 Å². The standard InChI is InChI=1S/C20H20N4O/c1-15-19(16(2)24(23-15)18-8-4-3-5-9-18)10-11-20(25)22-14-17-7-6-12-21-13-17/h3-13H,14H2,1-2H3,(H,22,25)/b11-10+. The monoisotopic (exact) mass is 332 g/mol. The van der Waals surface area contributed by atoms with Gasteiger partial charge < -0.3 is 5.32 Å². The number of aryl methyl sites for hydroxylation is 1. The van der Waals surface area contributed by atoms with Crippen LogP contribution in [-0.4, -0.2) is 20.7 Å². The summed E-state index contributed by atoms with van der Waals surface area (Å²) in [5, 5.41) is 7.43. The SMILES string of the molecule is Cc1nn(-c2ccccc2)c(C)c1/C=C/C(=O)NCc1cccnc1. The average molecular weight is 332 g/mol. The number of para-hydroxylation sites is 1. The first-order valence-corrected chi connectivity index (χ1v) is 8.11. The van der Waals surface area contributed by atoms with Gasteiger partial charge in [0.25, 0.3) is 0 Å². The van der Waals surface area contributed by atoms with Gasteiger partial charge in [-0.25, -0.2) is 4.68 Å². The van der Waals surface area contributed by atoms with Crippen LogP contribution in [0.3, 0.4) is 0 Å². The van der Waals surface area contributed by atoms with Crippen LogP contribution < -0.4 is 5.32 Å². The number of aromatic nitrogens is 3. The minimum Gasteiger partial charge on any atom is -0.348 e. The van der Waals surface area contributed by atoms with E-state index in [1.807, 2.05) is 67.1 Å². The Morgan fingerprint density at radius 2 is 1.96 bits per heavy atom. The lowest BCUT2D eigenvalue weighted by Gasteiger charge is -2.04. The Bertz CT molecular complexity index is 883. The van der Waals surface area contributed by atoms with Gasteiger partial charge in [0.15, 0.2) is 0 Å². The first-order chi connectivity index (χ1) is 12.1. The lowest BCUT2D eigenvalue weighted by Crippen LogP contribution is -2.20. The molecule has 5 nitrogen and oxygen atoms in total. The molecule has 0 saturated heterocycles. The summed E-state index contributed by atoms with van der Waals surface area (Å²) in [7, 11) is 0. The second kappa shape index (κ2) is 7.57. The number of nitrogens with one attached hydrogen (secondary N) is 1. The molecule has 0 fully saturated rings. The zero-order valence-electron chi connectivity index (χ0n) is 14.3. The van der Waals surface area contributed by atoms with Gasteiger partial charge in [-0.3, -0.25) is 9.78 Å². The zero-order chi connectivity index (χ0) is 17.6.